The number of rotatable bonds is 3. The van der Waals surface area contributed by atoms with Gasteiger partial charge in [0.2, 0.25) is 5.95 Å². The topological polar surface area (TPSA) is 57.0 Å². The number of hydrogen-bond acceptors (Lipinski definition) is 4. The highest BCUT2D eigenvalue weighted by molar-refractivity contribution is 6.25. The van der Waals surface area contributed by atoms with Crippen LogP contribution in [0.1, 0.15) is 0 Å². The Morgan fingerprint density at radius 2 is 1.04 bits per heavy atom. The highest BCUT2D eigenvalue weighted by Crippen LogP contribution is 2.44. The number of nitrogens with zero attached hydrogens (tertiary/aromatic N) is 3. The smallest absolute Gasteiger partial charge is 0.235 e. The molecule has 4 heterocycles. The summed E-state index contributed by atoms with van der Waals surface area (Å²) >= 11 is 0. The molecule has 0 fully saturated rings. The molecule has 0 saturated heterocycles. The summed E-state index contributed by atoms with van der Waals surface area (Å²) in [6, 6.07) is 52.3. The Morgan fingerprint density at radius 3 is 1.88 bits per heavy atom. The Balaban J connectivity index is 1.21. The molecular weight excluding hydrogens is 603 g/mol. The minimum absolute atomic E-state index is 0.622. The van der Waals surface area contributed by atoms with Gasteiger partial charge >= 0.3 is 0 Å². The molecule has 0 spiro atoms. The largest absolute Gasteiger partial charge is 0.455 e. The van der Waals surface area contributed by atoms with E-state index in [4.69, 9.17) is 18.8 Å². The van der Waals surface area contributed by atoms with Gasteiger partial charge in [-0.25, -0.2) is 9.97 Å². The van der Waals surface area contributed by atoms with Crippen molar-refractivity contribution >= 4 is 76.6 Å². The van der Waals surface area contributed by atoms with Crippen molar-refractivity contribution in [2.45, 2.75) is 0 Å². The molecular formula is C44H25N3O2. The molecule has 5 heteroatoms. The fraction of sp³-hybridized carbons (Fsp3) is 0. The average Bonchev–Trinajstić information content (AvgIpc) is 3.84. The van der Waals surface area contributed by atoms with Crippen molar-refractivity contribution in [2.75, 3.05) is 0 Å². The summed E-state index contributed by atoms with van der Waals surface area (Å²) in [6.07, 6.45) is 0. The van der Waals surface area contributed by atoms with E-state index in [2.05, 4.69) is 114 Å². The SMILES string of the molecule is c1ccc(-c2nc(-n3c4ccccc4c4c5oc6c(-c7cccc8c7oc7ccccc78)cccc6c5ccc43)nc3ccccc23)cc1. The minimum Gasteiger partial charge on any atom is -0.455 e. The zero-order valence-electron chi connectivity index (χ0n) is 26.1. The molecule has 0 bridgehead atoms. The Morgan fingerprint density at radius 1 is 0.408 bits per heavy atom. The van der Waals surface area contributed by atoms with E-state index in [1.54, 1.807) is 0 Å². The van der Waals surface area contributed by atoms with E-state index >= 15 is 0 Å². The Bertz CT molecular complexity index is 3110. The van der Waals surface area contributed by atoms with Crippen molar-refractivity contribution in [1.82, 2.24) is 14.5 Å². The molecule has 0 aliphatic heterocycles. The summed E-state index contributed by atoms with van der Waals surface area (Å²) in [5.74, 6) is 0.622. The zero-order chi connectivity index (χ0) is 32.1. The molecule has 0 aliphatic carbocycles. The molecule has 11 aromatic rings. The van der Waals surface area contributed by atoms with Crippen LogP contribution < -0.4 is 0 Å². The summed E-state index contributed by atoms with van der Waals surface area (Å²) in [5.41, 5.74) is 10.3. The molecule has 4 aromatic heterocycles. The summed E-state index contributed by atoms with van der Waals surface area (Å²) in [5, 5.41) is 7.47. The molecule has 228 valence electrons. The molecule has 7 aromatic carbocycles. The second-order valence-corrected chi connectivity index (χ2v) is 12.5. The van der Waals surface area contributed by atoms with Gasteiger partial charge in [-0.3, -0.25) is 4.57 Å². The first-order valence-electron chi connectivity index (χ1n) is 16.4. The quantitative estimate of drug-likeness (QED) is 0.196. The lowest BCUT2D eigenvalue weighted by atomic mass is 10.00. The second-order valence-electron chi connectivity index (χ2n) is 12.5. The molecule has 0 saturated carbocycles. The third kappa shape index (κ3) is 3.70. The van der Waals surface area contributed by atoms with E-state index in [9.17, 15) is 0 Å². The van der Waals surface area contributed by atoms with Crippen LogP contribution in [0.4, 0.5) is 0 Å². The number of aromatic nitrogens is 3. The molecule has 5 nitrogen and oxygen atoms in total. The maximum Gasteiger partial charge on any atom is 0.235 e. The molecule has 0 unspecified atom stereocenters. The first kappa shape index (κ1) is 26.4. The summed E-state index contributed by atoms with van der Waals surface area (Å²) in [4.78, 5) is 10.4. The van der Waals surface area contributed by atoms with Crippen LogP contribution >= 0.6 is 0 Å². The van der Waals surface area contributed by atoms with E-state index in [0.29, 0.717) is 5.95 Å². The van der Waals surface area contributed by atoms with Gasteiger partial charge in [0.15, 0.2) is 0 Å². The van der Waals surface area contributed by atoms with Crippen LogP contribution in [-0.2, 0) is 0 Å². The molecule has 0 aliphatic rings. The van der Waals surface area contributed by atoms with Crippen LogP contribution in [0.5, 0.6) is 0 Å². The van der Waals surface area contributed by atoms with E-state index in [-0.39, 0.29) is 0 Å². The van der Waals surface area contributed by atoms with Gasteiger partial charge in [0.05, 0.1) is 27.6 Å². The van der Waals surface area contributed by atoms with Gasteiger partial charge in [0.1, 0.15) is 22.3 Å². The van der Waals surface area contributed by atoms with Crippen LogP contribution in [0.2, 0.25) is 0 Å². The third-order valence-corrected chi connectivity index (χ3v) is 9.83. The van der Waals surface area contributed by atoms with Crippen molar-refractivity contribution in [1.29, 1.82) is 0 Å². The van der Waals surface area contributed by atoms with E-state index in [0.717, 1.165) is 99.0 Å². The van der Waals surface area contributed by atoms with Crippen molar-refractivity contribution in [3.8, 4) is 28.3 Å². The van der Waals surface area contributed by atoms with Gasteiger partial charge in [-0.1, -0.05) is 121 Å². The van der Waals surface area contributed by atoms with Crippen molar-refractivity contribution < 1.29 is 8.83 Å². The third-order valence-electron chi connectivity index (χ3n) is 9.83. The number of furan rings is 2. The van der Waals surface area contributed by atoms with Crippen molar-refractivity contribution in [3.63, 3.8) is 0 Å². The van der Waals surface area contributed by atoms with Gasteiger partial charge in [0, 0.05) is 49.0 Å². The Hall–Kier alpha value is -6.72. The molecule has 0 radical (unpaired) electrons. The lowest BCUT2D eigenvalue weighted by Crippen LogP contribution is -2.03. The van der Waals surface area contributed by atoms with Crippen LogP contribution in [0, 0.1) is 0 Å². The molecule has 0 atom stereocenters. The number of benzene rings is 7. The summed E-state index contributed by atoms with van der Waals surface area (Å²) < 4.78 is 15.6. The van der Waals surface area contributed by atoms with E-state index < -0.39 is 0 Å². The predicted octanol–water partition coefficient (Wildman–Crippen LogP) is 11.9. The van der Waals surface area contributed by atoms with Crippen LogP contribution in [0.25, 0.3) is 105 Å². The maximum atomic E-state index is 7.00. The maximum absolute atomic E-state index is 7.00. The van der Waals surface area contributed by atoms with Crippen molar-refractivity contribution in [3.05, 3.63) is 152 Å². The Labute approximate surface area is 279 Å². The van der Waals surface area contributed by atoms with Gasteiger partial charge in [0.25, 0.3) is 0 Å². The van der Waals surface area contributed by atoms with Gasteiger partial charge in [-0.2, -0.15) is 0 Å². The van der Waals surface area contributed by atoms with Crippen LogP contribution in [0.15, 0.2) is 160 Å². The van der Waals surface area contributed by atoms with E-state index in [1.807, 2.05) is 42.5 Å². The van der Waals surface area contributed by atoms with Gasteiger partial charge in [-0.15, -0.1) is 0 Å². The minimum atomic E-state index is 0.622. The Kier molecular flexibility index (Phi) is 5.32. The van der Waals surface area contributed by atoms with Crippen molar-refractivity contribution in [2.24, 2.45) is 0 Å². The highest BCUT2D eigenvalue weighted by Gasteiger charge is 2.23. The summed E-state index contributed by atoms with van der Waals surface area (Å²) in [6.45, 7) is 0. The first-order chi connectivity index (χ1) is 24.3. The monoisotopic (exact) mass is 627 g/mol. The second kappa shape index (κ2) is 9.89. The molecule has 11 rings (SSSR count). The van der Waals surface area contributed by atoms with Gasteiger partial charge in [-0.05, 0) is 30.3 Å². The lowest BCUT2D eigenvalue weighted by Gasteiger charge is -2.11. The molecule has 0 N–H and O–H groups in total. The summed E-state index contributed by atoms with van der Waals surface area (Å²) in [7, 11) is 0. The zero-order valence-corrected chi connectivity index (χ0v) is 26.1. The first-order valence-corrected chi connectivity index (χ1v) is 16.4. The molecule has 49 heavy (non-hydrogen) atoms. The molecule has 0 amide bonds. The van der Waals surface area contributed by atoms with Crippen LogP contribution in [0.3, 0.4) is 0 Å². The number of hydrogen-bond donors (Lipinski definition) is 0. The predicted molar refractivity (Wildman–Crippen MR) is 199 cm³/mol. The fourth-order valence-corrected chi connectivity index (χ4v) is 7.68. The lowest BCUT2D eigenvalue weighted by molar-refractivity contribution is 0.666. The normalized spacial score (nSPS) is 12.1. The fourth-order valence-electron chi connectivity index (χ4n) is 7.68. The average molecular weight is 628 g/mol. The van der Waals surface area contributed by atoms with Gasteiger partial charge < -0.3 is 8.83 Å². The highest BCUT2D eigenvalue weighted by atomic mass is 16.3. The van der Waals surface area contributed by atoms with Crippen LogP contribution in [-0.4, -0.2) is 14.5 Å². The van der Waals surface area contributed by atoms with E-state index in [1.165, 1.54) is 0 Å². The standard InChI is InChI=1S/C44H25N3O2/c1-2-12-26(13-3-1)40-33-15-4-7-21-35(33)45-44(46-40)47-36-22-8-5-16-34(36)39-37(47)25-24-32-31-20-11-19-30(42(31)49-43(32)39)29-18-10-17-28-27-14-6-9-23-38(27)48-41(28)29/h1-25H. The number of fused-ring (bicyclic) bond motifs is 11. The number of para-hydroxylation sites is 5.